The third-order valence-electron chi connectivity index (χ3n) is 2.91. The second-order valence-corrected chi connectivity index (χ2v) is 4.15. The molecule has 1 rings (SSSR count). The summed E-state index contributed by atoms with van der Waals surface area (Å²) < 4.78 is 0. The minimum atomic E-state index is 1.26. The van der Waals surface area contributed by atoms with Crippen LogP contribution in [0.3, 0.4) is 0 Å². The first kappa shape index (κ1) is 14.2. The number of benzene rings is 1. The Balaban J connectivity index is 3.35. The minimum absolute atomic E-state index is 1.26. The van der Waals surface area contributed by atoms with Crippen LogP contribution in [0, 0.1) is 0 Å². The van der Waals surface area contributed by atoms with Crippen LogP contribution < -0.4 is 0 Å². The van der Waals surface area contributed by atoms with Crippen LogP contribution in [0.1, 0.15) is 33.3 Å². The van der Waals surface area contributed by atoms with E-state index >= 15 is 0 Å². The van der Waals surface area contributed by atoms with Crippen LogP contribution in [-0.4, -0.2) is 0 Å². The van der Waals surface area contributed by atoms with E-state index in [1.54, 1.807) is 0 Å². The van der Waals surface area contributed by atoms with Gasteiger partial charge >= 0.3 is 0 Å². The van der Waals surface area contributed by atoms with E-state index in [0.29, 0.717) is 0 Å². The average Bonchev–Trinajstić information content (AvgIpc) is 2.42. The van der Waals surface area contributed by atoms with E-state index in [4.69, 9.17) is 0 Å². The lowest BCUT2D eigenvalue weighted by atomic mass is 9.95. The van der Waals surface area contributed by atoms with Crippen LogP contribution in [0.25, 0.3) is 5.57 Å². The Labute approximate surface area is 111 Å². The summed E-state index contributed by atoms with van der Waals surface area (Å²) in [5, 5.41) is 0. The number of rotatable bonds is 4. The summed E-state index contributed by atoms with van der Waals surface area (Å²) in [5.74, 6) is 0. The first-order chi connectivity index (χ1) is 8.74. The summed E-state index contributed by atoms with van der Waals surface area (Å²) in [5.41, 5.74) is 5.12. The van der Waals surface area contributed by atoms with Crippen molar-refractivity contribution in [3.63, 3.8) is 0 Å². The molecule has 0 unspecified atom stereocenters. The van der Waals surface area contributed by atoms with Crippen LogP contribution >= 0.6 is 0 Å². The third-order valence-corrected chi connectivity index (χ3v) is 2.91. The SMILES string of the molecule is C\C=C/C(=C(C)/C(/C=C\C)=C/C)c1ccccc1. The molecule has 0 spiro atoms. The highest BCUT2D eigenvalue weighted by atomic mass is 14.1. The van der Waals surface area contributed by atoms with Crippen LogP contribution in [0.2, 0.25) is 0 Å². The Bertz CT molecular complexity index is 482. The predicted molar refractivity (Wildman–Crippen MR) is 82.4 cm³/mol. The van der Waals surface area contributed by atoms with Gasteiger partial charge in [-0.2, -0.15) is 0 Å². The third kappa shape index (κ3) is 3.59. The molecule has 18 heavy (non-hydrogen) atoms. The molecule has 0 aliphatic carbocycles. The molecule has 0 nitrogen and oxygen atoms in total. The van der Waals surface area contributed by atoms with Gasteiger partial charge in [-0.15, -0.1) is 0 Å². The van der Waals surface area contributed by atoms with E-state index in [1.165, 1.54) is 22.3 Å². The highest BCUT2D eigenvalue weighted by Crippen LogP contribution is 2.25. The molecule has 0 amide bonds. The fourth-order valence-corrected chi connectivity index (χ4v) is 1.99. The van der Waals surface area contributed by atoms with E-state index < -0.39 is 0 Å². The van der Waals surface area contributed by atoms with Gasteiger partial charge in [-0.1, -0.05) is 60.7 Å². The molecule has 0 fully saturated rings. The van der Waals surface area contributed by atoms with Crippen molar-refractivity contribution in [3.8, 4) is 0 Å². The highest BCUT2D eigenvalue weighted by Gasteiger charge is 2.04. The topological polar surface area (TPSA) is 0 Å². The van der Waals surface area contributed by atoms with E-state index in [2.05, 4.69) is 88.4 Å². The molecule has 1 aromatic rings. The van der Waals surface area contributed by atoms with Crippen molar-refractivity contribution >= 4 is 5.57 Å². The monoisotopic (exact) mass is 238 g/mol. The van der Waals surface area contributed by atoms with Gasteiger partial charge in [-0.25, -0.2) is 0 Å². The number of hydrogen-bond donors (Lipinski definition) is 0. The van der Waals surface area contributed by atoms with Crippen LogP contribution in [0.15, 0.2) is 71.9 Å². The molecular formula is C18H22. The zero-order chi connectivity index (χ0) is 13.4. The first-order valence-electron chi connectivity index (χ1n) is 6.43. The van der Waals surface area contributed by atoms with Crippen LogP contribution in [0.4, 0.5) is 0 Å². The maximum atomic E-state index is 2.18. The summed E-state index contributed by atoms with van der Waals surface area (Å²) in [6, 6.07) is 10.5. The van der Waals surface area contributed by atoms with Crippen molar-refractivity contribution in [3.05, 3.63) is 77.4 Å². The molecule has 0 saturated carbocycles. The molecule has 0 heterocycles. The molecule has 0 radical (unpaired) electrons. The second kappa shape index (κ2) is 7.50. The summed E-state index contributed by atoms with van der Waals surface area (Å²) in [6.07, 6.45) is 10.7. The maximum Gasteiger partial charge on any atom is -0.0152 e. The zero-order valence-corrected chi connectivity index (χ0v) is 11.8. The Morgan fingerprint density at radius 3 is 2.00 bits per heavy atom. The van der Waals surface area contributed by atoms with Crippen molar-refractivity contribution < 1.29 is 0 Å². The van der Waals surface area contributed by atoms with Gasteiger partial charge in [0.05, 0.1) is 0 Å². The van der Waals surface area contributed by atoms with Crippen molar-refractivity contribution in [2.24, 2.45) is 0 Å². The fourth-order valence-electron chi connectivity index (χ4n) is 1.99. The normalized spacial score (nSPS) is 14.3. The van der Waals surface area contributed by atoms with Gasteiger partial charge in [0, 0.05) is 0 Å². The first-order valence-corrected chi connectivity index (χ1v) is 6.43. The molecule has 0 heteroatoms. The average molecular weight is 238 g/mol. The molecule has 0 aliphatic rings. The lowest BCUT2D eigenvalue weighted by Gasteiger charge is -2.10. The highest BCUT2D eigenvalue weighted by molar-refractivity contribution is 5.79. The fraction of sp³-hybridized carbons (Fsp3) is 0.222. The standard InChI is InChI=1S/C18H22/c1-5-11-16(7-3)15(4)18(12-6-2)17-13-9-8-10-14-17/h5-14H,1-4H3/b11-5-,12-6-,16-7+,18-15-. The van der Waals surface area contributed by atoms with Gasteiger partial charge in [-0.3, -0.25) is 0 Å². The molecule has 0 bridgehead atoms. The largest absolute Gasteiger partial charge is 0.0871 e. The molecule has 0 N–H and O–H groups in total. The Kier molecular flexibility index (Phi) is 5.93. The molecule has 0 atom stereocenters. The summed E-state index contributed by atoms with van der Waals surface area (Å²) in [7, 11) is 0. The van der Waals surface area contributed by atoms with Crippen molar-refractivity contribution in [1.82, 2.24) is 0 Å². The summed E-state index contributed by atoms with van der Waals surface area (Å²) >= 11 is 0. The van der Waals surface area contributed by atoms with Gasteiger partial charge in [0.2, 0.25) is 0 Å². The Morgan fingerprint density at radius 2 is 1.50 bits per heavy atom. The molecule has 0 saturated heterocycles. The van der Waals surface area contributed by atoms with Crippen molar-refractivity contribution in [2.45, 2.75) is 27.7 Å². The number of hydrogen-bond acceptors (Lipinski definition) is 0. The molecule has 0 aromatic heterocycles. The van der Waals surface area contributed by atoms with E-state index in [0.717, 1.165) is 0 Å². The lowest BCUT2D eigenvalue weighted by Crippen LogP contribution is -1.89. The van der Waals surface area contributed by atoms with E-state index in [1.807, 2.05) is 0 Å². The molecule has 1 aromatic carbocycles. The lowest BCUT2D eigenvalue weighted by molar-refractivity contribution is 1.39. The van der Waals surface area contributed by atoms with Gasteiger partial charge in [-0.05, 0) is 50.0 Å². The van der Waals surface area contributed by atoms with Gasteiger partial charge in [0.25, 0.3) is 0 Å². The Morgan fingerprint density at radius 1 is 0.889 bits per heavy atom. The van der Waals surface area contributed by atoms with Gasteiger partial charge in [0.1, 0.15) is 0 Å². The van der Waals surface area contributed by atoms with Gasteiger partial charge in [0.15, 0.2) is 0 Å². The molecule has 94 valence electrons. The maximum absolute atomic E-state index is 2.18. The summed E-state index contributed by atoms with van der Waals surface area (Å²) in [6.45, 7) is 8.37. The van der Waals surface area contributed by atoms with Crippen molar-refractivity contribution in [1.29, 1.82) is 0 Å². The zero-order valence-electron chi connectivity index (χ0n) is 11.8. The smallest absolute Gasteiger partial charge is 0.0152 e. The van der Waals surface area contributed by atoms with Crippen LogP contribution in [-0.2, 0) is 0 Å². The molecule has 0 aliphatic heterocycles. The predicted octanol–water partition coefficient (Wildman–Crippen LogP) is 5.56. The summed E-state index contributed by atoms with van der Waals surface area (Å²) in [4.78, 5) is 0. The Hall–Kier alpha value is -1.82. The van der Waals surface area contributed by atoms with E-state index in [9.17, 15) is 0 Å². The van der Waals surface area contributed by atoms with Crippen molar-refractivity contribution in [2.75, 3.05) is 0 Å². The van der Waals surface area contributed by atoms with E-state index in [-0.39, 0.29) is 0 Å². The second-order valence-electron chi connectivity index (χ2n) is 4.15. The van der Waals surface area contributed by atoms with Crippen LogP contribution in [0.5, 0.6) is 0 Å². The minimum Gasteiger partial charge on any atom is -0.0871 e. The number of allylic oxidation sites excluding steroid dienone is 8. The quantitative estimate of drug-likeness (QED) is 0.602. The molecular weight excluding hydrogens is 216 g/mol. The van der Waals surface area contributed by atoms with Gasteiger partial charge < -0.3 is 0 Å².